The molecule has 0 radical (unpaired) electrons. The second kappa shape index (κ2) is 8.88. The second-order valence-electron chi connectivity index (χ2n) is 7.81. The Balaban J connectivity index is 2.22. The molecule has 1 heterocycles. The lowest BCUT2D eigenvalue weighted by Crippen LogP contribution is -2.21. The molecule has 0 unspecified atom stereocenters. The molecule has 4 nitrogen and oxygen atoms in total. The highest BCUT2D eigenvalue weighted by Crippen LogP contribution is 2.33. The fourth-order valence-electron chi connectivity index (χ4n) is 3.02. The highest BCUT2D eigenvalue weighted by Gasteiger charge is 2.24. The second-order valence-corrected chi connectivity index (χ2v) is 9.89. The van der Waals surface area contributed by atoms with Gasteiger partial charge in [0, 0.05) is 24.2 Å². The topological polar surface area (TPSA) is 62.2 Å². The molecule has 154 valence electrons. The Kier molecular flexibility index (Phi) is 7.22. The van der Waals surface area contributed by atoms with Gasteiger partial charge in [-0.3, -0.25) is 9.52 Å². The molecule has 0 aliphatic rings. The van der Waals surface area contributed by atoms with Crippen LogP contribution in [-0.2, 0) is 16.8 Å². The van der Waals surface area contributed by atoms with Crippen LogP contribution in [0.3, 0.4) is 0 Å². The van der Waals surface area contributed by atoms with E-state index in [1.807, 2.05) is 27.7 Å². The molecule has 1 aromatic carbocycles. The van der Waals surface area contributed by atoms with E-state index < -0.39 is 17.2 Å². The Labute approximate surface area is 172 Å². The van der Waals surface area contributed by atoms with Gasteiger partial charge in [0.2, 0.25) is 5.91 Å². The summed E-state index contributed by atoms with van der Waals surface area (Å²) in [5, 5.41) is 9.99. The molecule has 0 aliphatic carbocycles. The molecular formula is C20H26F2N2O2S2. The molecule has 0 atom stereocenters. The van der Waals surface area contributed by atoms with Crippen molar-refractivity contribution < 1.29 is 18.7 Å². The lowest BCUT2D eigenvalue weighted by molar-refractivity contribution is -0.118. The zero-order valence-corrected chi connectivity index (χ0v) is 18.5. The summed E-state index contributed by atoms with van der Waals surface area (Å²) in [4.78, 5) is 17.4. The third-order valence-corrected chi connectivity index (χ3v) is 6.46. The third-order valence-electron chi connectivity index (χ3n) is 4.25. The number of rotatable bonds is 7. The molecule has 28 heavy (non-hydrogen) atoms. The van der Waals surface area contributed by atoms with Gasteiger partial charge in [0.1, 0.15) is 11.6 Å². The predicted molar refractivity (Wildman–Crippen MR) is 110 cm³/mol. The molecule has 1 amide bonds. The molecule has 0 spiro atoms. The first-order valence-corrected chi connectivity index (χ1v) is 10.7. The number of carbonyl (C=O) groups is 1. The van der Waals surface area contributed by atoms with Crippen molar-refractivity contribution in [1.29, 1.82) is 0 Å². The number of aliphatic hydroxyl groups is 1. The van der Waals surface area contributed by atoms with E-state index in [-0.39, 0.29) is 24.2 Å². The summed E-state index contributed by atoms with van der Waals surface area (Å²) in [5.41, 5.74) is 0.169. The summed E-state index contributed by atoms with van der Waals surface area (Å²) < 4.78 is 32.1. The number of benzene rings is 1. The molecule has 0 bridgehead atoms. The number of nitrogens with one attached hydrogen (secondary N) is 1. The number of hydrogen-bond acceptors (Lipinski definition) is 5. The van der Waals surface area contributed by atoms with Crippen LogP contribution < -0.4 is 4.72 Å². The van der Waals surface area contributed by atoms with Crippen molar-refractivity contribution in [3.8, 4) is 0 Å². The van der Waals surface area contributed by atoms with E-state index in [0.717, 1.165) is 18.0 Å². The van der Waals surface area contributed by atoms with Gasteiger partial charge in [-0.25, -0.2) is 13.8 Å². The fourth-order valence-corrected chi connectivity index (χ4v) is 4.61. The maximum absolute atomic E-state index is 14.4. The molecule has 2 N–H and O–H groups in total. The lowest BCUT2D eigenvalue weighted by atomic mass is 9.86. The predicted octanol–water partition coefficient (Wildman–Crippen LogP) is 5.26. The lowest BCUT2D eigenvalue weighted by Gasteiger charge is -2.21. The van der Waals surface area contributed by atoms with E-state index in [0.29, 0.717) is 25.9 Å². The maximum Gasteiger partial charge on any atom is 0.234 e. The van der Waals surface area contributed by atoms with Gasteiger partial charge in [0.05, 0.1) is 16.9 Å². The highest BCUT2D eigenvalue weighted by molar-refractivity contribution is 7.99. The summed E-state index contributed by atoms with van der Waals surface area (Å²) in [5.74, 6) is -1.97. The summed E-state index contributed by atoms with van der Waals surface area (Å²) in [6.45, 7) is 10.6. The number of aromatic nitrogens is 1. The van der Waals surface area contributed by atoms with Gasteiger partial charge in [-0.2, -0.15) is 0 Å². The number of amides is 1. The monoisotopic (exact) mass is 428 g/mol. The zero-order chi connectivity index (χ0) is 21.2. The molecule has 2 rings (SSSR count). The van der Waals surface area contributed by atoms with Crippen molar-refractivity contribution in [1.82, 2.24) is 9.71 Å². The third kappa shape index (κ3) is 5.30. The number of halogens is 2. The van der Waals surface area contributed by atoms with Crippen molar-refractivity contribution >= 4 is 29.2 Å². The molecule has 8 heteroatoms. The number of thiazole rings is 1. The summed E-state index contributed by atoms with van der Waals surface area (Å²) in [6, 6.07) is 0.911. The normalized spacial score (nSPS) is 12.1. The largest absolute Gasteiger partial charge is 0.385 e. The Bertz CT molecular complexity index is 826. The van der Waals surface area contributed by atoms with Gasteiger partial charge in [-0.05, 0) is 42.4 Å². The summed E-state index contributed by atoms with van der Waals surface area (Å²) in [6.07, 6.45) is 1.45. The summed E-state index contributed by atoms with van der Waals surface area (Å²) >= 11 is 2.31. The number of carbonyl (C=O) groups excluding carboxylic acids is 1. The number of nitrogens with zero attached hydrogens (tertiary/aromatic N) is 1. The van der Waals surface area contributed by atoms with E-state index in [9.17, 15) is 18.7 Å². The quantitative estimate of drug-likeness (QED) is 0.591. The average molecular weight is 429 g/mol. The molecule has 1 aromatic heterocycles. The van der Waals surface area contributed by atoms with E-state index in [1.165, 1.54) is 11.3 Å². The SMILES string of the molecule is CC(C)c1c(F)cc(F)c(C(C)C)c1CC(=O)NSc1ncc(C(C)(C)O)s1. The minimum absolute atomic E-state index is 0.119. The first-order valence-electron chi connectivity index (χ1n) is 9.06. The van der Waals surface area contributed by atoms with Gasteiger partial charge in [-0.15, -0.1) is 11.3 Å². The summed E-state index contributed by atoms with van der Waals surface area (Å²) in [7, 11) is 0. The van der Waals surface area contributed by atoms with Crippen LogP contribution in [0.25, 0.3) is 0 Å². The van der Waals surface area contributed by atoms with E-state index in [2.05, 4.69) is 9.71 Å². The van der Waals surface area contributed by atoms with Crippen molar-refractivity contribution in [2.75, 3.05) is 0 Å². The van der Waals surface area contributed by atoms with Gasteiger partial charge in [0.25, 0.3) is 0 Å². The molecule has 0 fully saturated rings. The van der Waals surface area contributed by atoms with E-state index in [1.54, 1.807) is 20.0 Å². The molecule has 0 aliphatic heterocycles. The van der Waals surface area contributed by atoms with E-state index in [4.69, 9.17) is 0 Å². The molecule has 0 saturated carbocycles. The standard InChI is InChI=1S/C20H26F2N2O2S2/c1-10(2)17-12(18(11(3)4)14(22)8-13(17)21)7-16(25)24-28-19-23-9-15(27-19)20(5,6)26/h8-11,26H,7H2,1-6H3,(H,24,25). The Morgan fingerprint density at radius 3 is 2.18 bits per heavy atom. The van der Waals surface area contributed by atoms with Gasteiger partial charge < -0.3 is 5.11 Å². The van der Waals surface area contributed by atoms with Crippen LogP contribution in [0.2, 0.25) is 0 Å². The van der Waals surface area contributed by atoms with Crippen LogP contribution in [0, 0.1) is 11.6 Å². The van der Waals surface area contributed by atoms with Gasteiger partial charge in [0.15, 0.2) is 4.34 Å². The first-order chi connectivity index (χ1) is 12.9. The molecular weight excluding hydrogens is 402 g/mol. The van der Waals surface area contributed by atoms with Gasteiger partial charge >= 0.3 is 0 Å². The Morgan fingerprint density at radius 1 is 1.21 bits per heavy atom. The highest BCUT2D eigenvalue weighted by atomic mass is 32.2. The minimum Gasteiger partial charge on any atom is -0.385 e. The first kappa shape index (κ1) is 22.8. The van der Waals surface area contributed by atoms with Crippen LogP contribution >= 0.6 is 23.3 Å². The van der Waals surface area contributed by atoms with Crippen LogP contribution in [0.1, 0.15) is 74.9 Å². The Hall–Kier alpha value is -1.51. The van der Waals surface area contributed by atoms with Crippen LogP contribution in [0.5, 0.6) is 0 Å². The fraction of sp³-hybridized carbons (Fsp3) is 0.500. The zero-order valence-electron chi connectivity index (χ0n) is 16.9. The van der Waals surface area contributed by atoms with Crippen LogP contribution in [0.4, 0.5) is 8.78 Å². The molecule has 2 aromatic rings. The number of hydrogen-bond donors (Lipinski definition) is 2. The van der Waals surface area contributed by atoms with Crippen molar-refractivity contribution in [2.24, 2.45) is 0 Å². The Morgan fingerprint density at radius 2 is 1.75 bits per heavy atom. The smallest absolute Gasteiger partial charge is 0.234 e. The van der Waals surface area contributed by atoms with E-state index >= 15 is 0 Å². The van der Waals surface area contributed by atoms with Gasteiger partial charge in [-0.1, -0.05) is 27.7 Å². The van der Waals surface area contributed by atoms with Crippen molar-refractivity contribution in [2.45, 2.75) is 69.7 Å². The molecule has 0 saturated heterocycles. The van der Waals surface area contributed by atoms with Crippen LogP contribution in [0.15, 0.2) is 16.6 Å². The van der Waals surface area contributed by atoms with Crippen molar-refractivity contribution in [3.63, 3.8) is 0 Å². The maximum atomic E-state index is 14.4. The average Bonchev–Trinajstić information content (AvgIpc) is 3.00. The minimum atomic E-state index is -1.00. The van der Waals surface area contributed by atoms with Crippen LogP contribution in [-0.4, -0.2) is 16.0 Å². The van der Waals surface area contributed by atoms with Crippen molar-refractivity contribution in [3.05, 3.63) is 45.5 Å².